The normalized spacial score (nSPS) is 30.0. The molecule has 4 unspecified atom stereocenters. The molecule has 1 N–H and O–H groups in total. The predicted molar refractivity (Wildman–Crippen MR) is 117 cm³/mol. The monoisotopic (exact) mass is 364 g/mol. The predicted octanol–water partition coefficient (Wildman–Crippen LogP) is 5.60. The molecule has 2 aliphatic carbocycles. The van der Waals surface area contributed by atoms with Crippen LogP contribution in [0.2, 0.25) is 0 Å². The first-order valence-electron chi connectivity index (χ1n) is 10.5. The Labute approximate surface area is 166 Å². The van der Waals surface area contributed by atoms with Gasteiger partial charge in [0.25, 0.3) is 0 Å². The van der Waals surface area contributed by atoms with Crippen molar-refractivity contribution in [2.24, 2.45) is 23.7 Å². The van der Waals surface area contributed by atoms with Crippen LogP contribution < -0.4 is 5.32 Å². The summed E-state index contributed by atoms with van der Waals surface area (Å²) in [5.41, 5.74) is 3.15. The molecule has 2 heteroatoms. The van der Waals surface area contributed by atoms with Crippen LogP contribution in [0.1, 0.15) is 40.5 Å². The molecule has 0 bridgehead atoms. The van der Waals surface area contributed by atoms with Gasteiger partial charge in [-0.05, 0) is 48.2 Å². The Hall–Kier alpha value is -1.96. The van der Waals surface area contributed by atoms with E-state index in [1.807, 2.05) is 0 Å². The lowest BCUT2D eigenvalue weighted by Crippen LogP contribution is -2.27. The van der Waals surface area contributed by atoms with Crippen molar-refractivity contribution in [2.75, 3.05) is 7.05 Å². The number of hydrogen-bond acceptors (Lipinski definition) is 2. The van der Waals surface area contributed by atoms with E-state index < -0.39 is 0 Å². The average molecular weight is 365 g/mol. The van der Waals surface area contributed by atoms with Gasteiger partial charge in [0.15, 0.2) is 0 Å². The number of nitrogens with zero attached hydrogens (tertiary/aromatic N) is 1. The van der Waals surface area contributed by atoms with Gasteiger partial charge in [0.05, 0.1) is 12.1 Å². The van der Waals surface area contributed by atoms with Crippen LogP contribution in [-0.4, -0.2) is 24.0 Å². The van der Waals surface area contributed by atoms with Gasteiger partial charge in [-0.1, -0.05) is 76.3 Å². The molecule has 0 aromatic rings. The van der Waals surface area contributed by atoms with E-state index >= 15 is 0 Å². The van der Waals surface area contributed by atoms with Gasteiger partial charge < -0.3 is 10.2 Å². The van der Waals surface area contributed by atoms with E-state index in [1.54, 1.807) is 11.1 Å². The minimum absolute atomic E-state index is 0.527. The van der Waals surface area contributed by atoms with E-state index in [-0.39, 0.29) is 0 Å². The maximum atomic E-state index is 3.41. The number of likely N-dealkylation sites (N-methyl/N-ethyl adjacent to an activating group) is 1. The van der Waals surface area contributed by atoms with Crippen molar-refractivity contribution in [2.45, 2.75) is 52.6 Å². The molecule has 0 amide bonds. The fraction of sp³-hybridized carbons (Fsp3) is 0.520. The Morgan fingerprint density at radius 2 is 1.41 bits per heavy atom. The van der Waals surface area contributed by atoms with Gasteiger partial charge >= 0.3 is 0 Å². The topological polar surface area (TPSA) is 15.3 Å². The van der Waals surface area contributed by atoms with Crippen molar-refractivity contribution < 1.29 is 0 Å². The molecule has 0 aromatic carbocycles. The van der Waals surface area contributed by atoms with Crippen molar-refractivity contribution in [1.82, 2.24) is 10.2 Å². The summed E-state index contributed by atoms with van der Waals surface area (Å²) in [6.45, 7) is 9.13. The molecule has 146 valence electrons. The third-order valence-corrected chi connectivity index (χ3v) is 5.69. The Morgan fingerprint density at radius 1 is 0.815 bits per heavy atom. The summed E-state index contributed by atoms with van der Waals surface area (Å²) in [6, 6.07) is 1.10. The number of allylic oxidation sites excluding steroid dienone is 4. The summed E-state index contributed by atoms with van der Waals surface area (Å²) in [4.78, 5) is 2.34. The lowest BCUT2D eigenvalue weighted by molar-refractivity contribution is 0.376. The van der Waals surface area contributed by atoms with Crippen molar-refractivity contribution in [3.05, 3.63) is 72.2 Å². The van der Waals surface area contributed by atoms with Gasteiger partial charge in [0, 0.05) is 18.9 Å². The molecule has 27 heavy (non-hydrogen) atoms. The second kappa shape index (κ2) is 8.82. The van der Waals surface area contributed by atoms with E-state index in [0.29, 0.717) is 23.9 Å². The van der Waals surface area contributed by atoms with Gasteiger partial charge in [-0.2, -0.15) is 0 Å². The zero-order valence-electron chi connectivity index (χ0n) is 17.6. The SMILES string of the molecule is CC(C)CC1=CN(C)C2C=CC=CC12.CC(C)CC1=CNC2C=CC=CC12. The molecule has 4 rings (SSSR count). The van der Waals surface area contributed by atoms with Crippen molar-refractivity contribution in [3.63, 3.8) is 0 Å². The highest BCUT2D eigenvalue weighted by Gasteiger charge is 2.30. The smallest absolute Gasteiger partial charge is 0.0568 e. The van der Waals surface area contributed by atoms with Gasteiger partial charge in [-0.25, -0.2) is 0 Å². The zero-order valence-corrected chi connectivity index (χ0v) is 17.6. The van der Waals surface area contributed by atoms with E-state index in [4.69, 9.17) is 0 Å². The molecule has 0 saturated heterocycles. The number of fused-ring (bicyclic) bond motifs is 2. The van der Waals surface area contributed by atoms with Crippen LogP contribution >= 0.6 is 0 Å². The summed E-state index contributed by atoms with van der Waals surface area (Å²) in [5, 5.41) is 3.41. The molecule has 0 radical (unpaired) electrons. The lowest BCUT2D eigenvalue weighted by Gasteiger charge is -2.24. The summed E-state index contributed by atoms with van der Waals surface area (Å²) in [5.74, 6) is 2.76. The van der Waals surface area contributed by atoms with E-state index in [0.717, 1.165) is 11.8 Å². The first kappa shape index (κ1) is 19.8. The molecule has 0 fully saturated rings. The first-order chi connectivity index (χ1) is 13.0. The Bertz CT molecular complexity index is 687. The number of rotatable bonds is 4. The Kier molecular flexibility index (Phi) is 6.46. The molecular weight excluding hydrogens is 328 g/mol. The maximum Gasteiger partial charge on any atom is 0.0568 e. The minimum atomic E-state index is 0.527. The fourth-order valence-electron chi connectivity index (χ4n) is 4.51. The number of nitrogens with one attached hydrogen (secondary N) is 1. The average Bonchev–Trinajstić information content (AvgIpc) is 3.17. The standard InChI is InChI=1S/C13H19N.C12H17N/c1-10(2)8-11-9-14(3)13-7-5-4-6-12(11)13;1-9(2)7-10-8-13-12-6-4-3-5-11(10)12/h4-7,9-10,12-13H,8H2,1-3H3;3-6,8-9,11-13H,7H2,1-2H3. The lowest BCUT2D eigenvalue weighted by atomic mass is 9.87. The zero-order chi connectivity index (χ0) is 19.4. The molecule has 0 aromatic heterocycles. The summed E-state index contributed by atoms with van der Waals surface area (Å²) in [7, 11) is 2.18. The van der Waals surface area contributed by atoms with Crippen LogP contribution in [0.4, 0.5) is 0 Å². The highest BCUT2D eigenvalue weighted by molar-refractivity contribution is 5.32. The summed E-state index contributed by atoms with van der Waals surface area (Å²) < 4.78 is 0. The highest BCUT2D eigenvalue weighted by Crippen LogP contribution is 2.35. The van der Waals surface area contributed by atoms with E-state index in [2.05, 4.69) is 106 Å². The van der Waals surface area contributed by atoms with Crippen LogP contribution in [-0.2, 0) is 0 Å². The molecular formula is C25H36N2. The Morgan fingerprint density at radius 3 is 2.11 bits per heavy atom. The molecule has 4 aliphatic rings. The second-order valence-electron chi connectivity index (χ2n) is 9.06. The van der Waals surface area contributed by atoms with Crippen LogP contribution in [0.5, 0.6) is 0 Å². The van der Waals surface area contributed by atoms with E-state index in [9.17, 15) is 0 Å². The fourth-order valence-corrected chi connectivity index (χ4v) is 4.51. The van der Waals surface area contributed by atoms with Crippen LogP contribution in [0.3, 0.4) is 0 Å². The molecule has 4 atom stereocenters. The van der Waals surface area contributed by atoms with E-state index in [1.165, 1.54) is 12.8 Å². The van der Waals surface area contributed by atoms with Gasteiger partial charge in [-0.15, -0.1) is 0 Å². The van der Waals surface area contributed by atoms with Crippen LogP contribution in [0.25, 0.3) is 0 Å². The molecule has 0 saturated carbocycles. The van der Waals surface area contributed by atoms with Crippen LogP contribution in [0, 0.1) is 23.7 Å². The second-order valence-corrected chi connectivity index (χ2v) is 9.06. The maximum absolute atomic E-state index is 3.41. The number of hydrogen-bond donors (Lipinski definition) is 1. The van der Waals surface area contributed by atoms with Crippen molar-refractivity contribution >= 4 is 0 Å². The van der Waals surface area contributed by atoms with Crippen molar-refractivity contribution in [3.8, 4) is 0 Å². The minimum Gasteiger partial charge on any atom is -0.384 e. The largest absolute Gasteiger partial charge is 0.384 e. The van der Waals surface area contributed by atoms with Gasteiger partial charge in [0.1, 0.15) is 0 Å². The van der Waals surface area contributed by atoms with Crippen molar-refractivity contribution in [1.29, 1.82) is 0 Å². The third-order valence-electron chi connectivity index (χ3n) is 5.69. The molecule has 2 aliphatic heterocycles. The highest BCUT2D eigenvalue weighted by atomic mass is 15.1. The summed E-state index contributed by atoms with van der Waals surface area (Å²) >= 11 is 0. The summed E-state index contributed by atoms with van der Waals surface area (Å²) in [6.07, 6.45) is 24.8. The molecule has 2 nitrogen and oxygen atoms in total. The van der Waals surface area contributed by atoms with Crippen LogP contribution in [0.15, 0.2) is 72.2 Å². The molecule has 0 spiro atoms. The Balaban J connectivity index is 0.000000156. The van der Waals surface area contributed by atoms with Gasteiger partial charge in [0.2, 0.25) is 0 Å². The third kappa shape index (κ3) is 4.86. The molecule has 2 heterocycles. The van der Waals surface area contributed by atoms with Gasteiger partial charge in [-0.3, -0.25) is 0 Å². The quantitative estimate of drug-likeness (QED) is 0.698. The first-order valence-corrected chi connectivity index (χ1v) is 10.5.